The Balaban J connectivity index is 2.29. The highest BCUT2D eigenvalue weighted by Crippen LogP contribution is 2.10. The highest BCUT2D eigenvalue weighted by Gasteiger charge is 2.04. The van der Waals surface area contributed by atoms with E-state index in [0.29, 0.717) is 5.56 Å². The average Bonchev–Trinajstić information content (AvgIpc) is 2.82. The van der Waals surface area contributed by atoms with Crippen molar-refractivity contribution in [3.05, 3.63) is 54.4 Å². The standard InChI is InChI=1S/C12H11NO2/c1-15-12(14)10-4-6-11(7-5-10)13-8-2-3-9-13/h2-9H,1H3. The second-order valence-corrected chi connectivity index (χ2v) is 3.13. The summed E-state index contributed by atoms with van der Waals surface area (Å²) >= 11 is 0. The zero-order valence-corrected chi connectivity index (χ0v) is 8.38. The SMILES string of the molecule is COC(=O)c1ccc(-n2cccc2)cc1. The first-order valence-corrected chi connectivity index (χ1v) is 4.63. The molecule has 0 aliphatic carbocycles. The van der Waals surface area contributed by atoms with Crippen LogP contribution in [0.1, 0.15) is 10.4 Å². The average molecular weight is 201 g/mol. The molecule has 1 heterocycles. The van der Waals surface area contributed by atoms with Gasteiger partial charge in [0.2, 0.25) is 0 Å². The largest absolute Gasteiger partial charge is 0.465 e. The Morgan fingerprint density at radius 1 is 1.13 bits per heavy atom. The van der Waals surface area contributed by atoms with Gasteiger partial charge in [-0.25, -0.2) is 4.79 Å². The number of ether oxygens (including phenoxy) is 1. The van der Waals surface area contributed by atoms with E-state index in [1.54, 1.807) is 12.1 Å². The van der Waals surface area contributed by atoms with Crippen molar-refractivity contribution in [2.45, 2.75) is 0 Å². The number of rotatable bonds is 2. The quantitative estimate of drug-likeness (QED) is 0.698. The van der Waals surface area contributed by atoms with Crippen LogP contribution in [-0.4, -0.2) is 17.6 Å². The Labute approximate surface area is 87.9 Å². The maximum Gasteiger partial charge on any atom is 0.337 e. The molecule has 0 amide bonds. The summed E-state index contributed by atoms with van der Waals surface area (Å²) < 4.78 is 6.59. The lowest BCUT2D eigenvalue weighted by Gasteiger charge is -2.03. The first kappa shape index (κ1) is 9.52. The third-order valence-electron chi connectivity index (χ3n) is 2.19. The summed E-state index contributed by atoms with van der Waals surface area (Å²) in [7, 11) is 1.38. The summed E-state index contributed by atoms with van der Waals surface area (Å²) in [6, 6.07) is 11.2. The number of hydrogen-bond acceptors (Lipinski definition) is 2. The van der Waals surface area contributed by atoms with Crippen LogP contribution in [0.15, 0.2) is 48.8 Å². The van der Waals surface area contributed by atoms with Gasteiger partial charge in [-0.2, -0.15) is 0 Å². The molecule has 76 valence electrons. The van der Waals surface area contributed by atoms with Crippen LogP contribution in [0.4, 0.5) is 0 Å². The van der Waals surface area contributed by atoms with E-state index in [1.165, 1.54) is 7.11 Å². The van der Waals surface area contributed by atoms with Crippen LogP contribution >= 0.6 is 0 Å². The molecular weight excluding hydrogens is 190 g/mol. The highest BCUT2D eigenvalue weighted by atomic mass is 16.5. The number of carbonyl (C=O) groups excluding carboxylic acids is 1. The Kier molecular flexibility index (Phi) is 2.54. The van der Waals surface area contributed by atoms with Gasteiger partial charge < -0.3 is 9.30 Å². The van der Waals surface area contributed by atoms with Gasteiger partial charge in [0.05, 0.1) is 12.7 Å². The molecule has 2 rings (SSSR count). The molecule has 0 N–H and O–H groups in total. The number of aromatic nitrogens is 1. The number of carbonyl (C=O) groups is 1. The van der Waals surface area contributed by atoms with E-state index >= 15 is 0 Å². The van der Waals surface area contributed by atoms with E-state index in [1.807, 2.05) is 41.2 Å². The lowest BCUT2D eigenvalue weighted by molar-refractivity contribution is 0.0601. The highest BCUT2D eigenvalue weighted by molar-refractivity contribution is 5.89. The third kappa shape index (κ3) is 1.91. The topological polar surface area (TPSA) is 31.2 Å². The van der Waals surface area contributed by atoms with Gasteiger partial charge in [-0.15, -0.1) is 0 Å². The number of nitrogens with zero attached hydrogens (tertiary/aromatic N) is 1. The molecule has 0 spiro atoms. The fourth-order valence-corrected chi connectivity index (χ4v) is 1.39. The molecule has 0 radical (unpaired) electrons. The normalized spacial score (nSPS) is 9.93. The smallest absolute Gasteiger partial charge is 0.337 e. The van der Waals surface area contributed by atoms with Crippen LogP contribution in [0, 0.1) is 0 Å². The minimum Gasteiger partial charge on any atom is -0.465 e. The summed E-state index contributed by atoms with van der Waals surface area (Å²) in [4.78, 5) is 11.2. The molecule has 3 nitrogen and oxygen atoms in total. The van der Waals surface area contributed by atoms with Crippen LogP contribution in [0.2, 0.25) is 0 Å². The maximum absolute atomic E-state index is 11.2. The number of benzene rings is 1. The Bertz CT molecular complexity index is 443. The minimum atomic E-state index is -0.311. The molecule has 15 heavy (non-hydrogen) atoms. The number of esters is 1. The Hall–Kier alpha value is -2.03. The Morgan fingerprint density at radius 3 is 2.27 bits per heavy atom. The van der Waals surface area contributed by atoms with Crippen LogP contribution in [0.3, 0.4) is 0 Å². The van der Waals surface area contributed by atoms with E-state index in [2.05, 4.69) is 4.74 Å². The maximum atomic E-state index is 11.2. The molecule has 0 aliphatic rings. The third-order valence-corrected chi connectivity index (χ3v) is 2.19. The molecule has 0 saturated heterocycles. The first-order chi connectivity index (χ1) is 7.31. The van der Waals surface area contributed by atoms with Crippen LogP contribution < -0.4 is 0 Å². The molecule has 2 aromatic rings. The van der Waals surface area contributed by atoms with Crippen molar-refractivity contribution in [1.29, 1.82) is 0 Å². The van der Waals surface area contributed by atoms with Crippen LogP contribution in [0.25, 0.3) is 5.69 Å². The molecular formula is C12H11NO2. The first-order valence-electron chi connectivity index (χ1n) is 4.63. The summed E-state index contributed by atoms with van der Waals surface area (Å²) in [5, 5.41) is 0. The Morgan fingerprint density at radius 2 is 1.73 bits per heavy atom. The van der Waals surface area contributed by atoms with Crippen molar-refractivity contribution in [2.24, 2.45) is 0 Å². The molecule has 1 aromatic carbocycles. The molecule has 0 saturated carbocycles. The number of methoxy groups -OCH3 is 1. The number of hydrogen-bond donors (Lipinski definition) is 0. The summed E-state index contributed by atoms with van der Waals surface area (Å²) in [6.45, 7) is 0. The van der Waals surface area contributed by atoms with E-state index in [9.17, 15) is 4.79 Å². The van der Waals surface area contributed by atoms with Gasteiger partial charge >= 0.3 is 5.97 Å². The molecule has 0 aliphatic heterocycles. The van der Waals surface area contributed by atoms with E-state index < -0.39 is 0 Å². The van der Waals surface area contributed by atoms with Gasteiger partial charge in [0.15, 0.2) is 0 Å². The van der Waals surface area contributed by atoms with Gasteiger partial charge in [0, 0.05) is 18.1 Å². The van der Waals surface area contributed by atoms with Crippen molar-refractivity contribution in [3.63, 3.8) is 0 Å². The minimum absolute atomic E-state index is 0.311. The molecule has 1 aromatic heterocycles. The fraction of sp³-hybridized carbons (Fsp3) is 0.0833. The molecule has 3 heteroatoms. The fourth-order valence-electron chi connectivity index (χ4n) is 1.39. The second-order valence-electron chi connectivity index (χ2n) is 3.13. The molecule has 0 unspecified atom stereocenters. The molecule has 0 bridgehead atoms. The van der Waals surface area contributed by atoms with Gasteiger partial charge in [-0.3, -0.25) is 0 Å². The van der Waals surface area contributed by atoms with E-state index in [0.717, 1.165) is 5.69 Å². The zero-order chi connectivity index (χ0) is 10.7. The van der Waals surface area contributed by atoms with Crippen LogP contribution in [0.5, 0.6) is 0 Å². The van der Waals surface area contributed by atoms with E-state index in [-0.39, 0.29) is 5.97 Å². The molecule has 0 atom stereocenters. The van der Waals surface area contributed by atoms with Gasteiger partial charge in [-0.1, -0.05) is 0 Å². The second kappa shape index (κ2) is 4.00. The van der Waals surface area contributed by atoms with Gasteiger partial charge in [0.25, 0.3) is 0 Å². The summed E-state index contributed by atoms with van der Waals surface area (Å²) in [5.41, 5.74) is 1.58. The lowest BCUT2D eigenvalue weighted by Crippen LogP contribution is -2.01. The van der Waals surface area contributed by atoms with Crippen molar-refractivity contribution >= 4 is 5.97 Å². The monoisotopic (exact) mass is 201 g/mol. The van der Waals surface area contributed by atoms with Gasteiger partial charge in [-0.05, 0) is 36.4 Å². The van der Waals surface area contributed by atoms with Crippen molar-refractivity contribution in [1.82, 2.24) is 4.57 Å². The molecule has 0 fully saturated rings. The van der Waals surface area contributed by atoms with Crippen molar-refractivity contribution in [2.75, 3.05) is 7.11 Å². The summed E-state index contributed by atoms with van der Waals surface area (Å²) in [6.07, 6.45) is 3.90. The summed E-state index contributed by atoms with van der Waals surface area (Å²) in [5.74, 6) is -0.311. The van der Waals surface area contributed by atoms with Crippen LogP contribution in [-0.2, 0) is 4.74 Å². The van der Waals surface area contributed by atoms with Gasteiger partial charge in [0.1, 0.15) is 0 Å². The predicted molar refractivity (Wildman–Crippen MR) is 57.1 cm³/mol. The zero-order valence-electron chi connectivity index (χ0n) is 8.38. The van der Waals surface area contributed by atoms with Crippen molar-refractivity contribution < 1.29 is 9.53 Å². The van der Waals surface area contributed by atoms with Crippen molar-refractivity contribution in [3.8, 4) is 5.69 Å². The lowest BCUT2D eigenvalue weighted by atomic mass is 10.2. The van der Waals surface area contributed by atoms with E-state index in [4.69, 9.17) is 0 Å². The predicted octanol–water partition coefficient (Wildman–Crippen LogP) is 2.26.